The van der Waals surface area contributed by atoms with Crippen LogP contribution >= 0.6 is 0 Å². The molecule has 0 bridgehead atoms. The van der Waals surface area contributed by atoms with Gasteiger partial charge >= 0.3 is 0 Å². The van der Waals surface area contributed by atoms with E-state index in [1.165, 1.54) is 5.56 Å². The van der Waals surface area contributed by atoms with Crippen LogP contribution in [0.5, 0.6) is 0 Å². The van der Waals surface area contributed by atoms with E-state index in [2.05, 4.69) is 50.4 Å². The first-order chi connectivity index (χ1) is 18.4. The number of aromatic nitrogens is 1. The minimum Gasteiger partial charge on any atom is -0.384 e. The number of carbonyl (C=O) groups excluding carboxylic acids is 3. The topological polar surface area (TPSA) is 112 Å². The lowest BCUT2D eigenvalue weighted by Gasteiger charge is -2.36. The number of hydrogen-bond acceptors (Lipinski definition) is 7. The second-order valence-corrected chi connectivity index (χ2v) is 10.2. The minimum absolute atomic E-state index is 0.185. The smallest absolute Gasteiger partial charge is 0.255 e. The van der Waals surface area contributed by atoms with Crippen LogP contribution in [-0.4, -0.2) is 64.7 Å². The van der Waals surface area contributed by atoms with E-state index in [1.54, 1.807) is 11.0 Å². The summed E-state index contributed by atoms with van der Waals surface area (Å²) < 4.78 is 0. The molecule has 1 unspecified atom stereocenters. The number of nitrogens with zero attached hydrogens (tertiary/aromatic N) is 4. The van der Waals surface area contributed by atoms with E-state index in [0.29, 0.717) is 24.3 Å². The molecule has 9 heteroatoms. The zero-order valence-corrected chi connectivity index (χ0v) is 21.1. The molecule has 2 saturated heterocycles. The van der Waals surface area contributed by atoms with Gasteiger partial charge in [0.2, 0.25) is 11.8 Å². The zero-order valence-electron chi connectivity index (χ0n) is 21.1. The van der Waals surface area contributed by atoms with Gasteiger partial charge in [-0.1, -0.05) is 36.4 Å². The highest BCUT2D eigenvalue weighted by molar-refractivity contribution is 6.05. The van der Waals surface area contributed by atoms with Gasteiger partial charge in [-0.05, 0) is 35.7 Å². The van der Waals surface area contributed by atoms with Crippen molar-refractivity contribution in [2.75, 3.05) is 36.8 Å². The molecular weight excluding hydrogens is 480 g/mol. The molecule has 4 heterocycles. The van der Waals surface area contributed by atoms with E-state index >= 15 is 0 Å². The summed E-state index contributed by atoms with van der Waals surface area (Å²) in [5.41, 5.74) is 11.6. The first-order valence-electron chi connectivity index (χ1n) is 13.0. The van der Waals surface area contributed by atoms with Crippen LogP contribution in [0.3, 0.4) is 0 Å². The summed E-state index contributed by atoms with van der Waals surface area (Å²) in [4.78, 5) is 47.9. The second-order valence-electron chi connectivity index (χ2n) is 10.2. The molecule has 0 saturated carbocycles. The van der Waals surface area contributed by atoms with E-state index in [4.69, 9.17) is 5.73 Å². The number of benzene rings is 2. The summed E-state index contributed by atoms with van der Waals surface area (Å²) in [5.74, 6) is -0.436. The van der Waals surface area contributed by atoms with E-state index < -0.39 is 11.9 Å². The molecule has 1 atom stereocenters. The van der Waals surface area contributed by atoms with Gasteiger partial charge in [-0.3, -0.25) is 24.6 Å². The Labute approximate surface area is 221 Å². The predicted octanol–water partition coefficient (Wildman–Crippen LogP) is 2.41. The Kier molecular flexibility index (Phi) is 6.29. The Morgan fingerprint density at radius 1 is 0.947 bits per heavy atom. The third-order valence-electron chi connectivity index (χ3n) is 7.64. The molecule has 1 aromatic heterocycles. The molecule has 2 fully saturated rings. The monoisotopic (exact) mass is 510 g/mol. The van der Waals surface area contributed by atoms with Crippen LogP contribution in [0.2, 0.25) is 0 Å². The predicted molar refractivity (Wildman–Crippen MR) is 144 cm³/mol. The van der Waals surface area contributed by atoms with E-state index in [9.17, 15) is 14.4 Å². The lowest BCUT2D eigenvalue weighted by atomic mass is 10.0. The van der Waals surface area contributed by atoms with Gasteiger partial charge in [0.15, 0.2) is 0 Å². The number of nitrogens with two attached hydrogens (primary N) is 1. The minimum atomic E-state index is -0.631. The van der Waals surface area contributed by atoms with Gasteiger partial charge in [0, 0.05) is 68.6 Å². The zero-order chi connectivity index (χ0) is 26.2. The molecule has 2 aromatic carbocycles. The fourth-order valence-electron chi connectivity index (χ4n) is 5.61. The van der Waals surface area contributed by atoms with Crippen molar-refractivity contribution in [3.05, 3.63) is 77.4 Å². The highest BCUT2D eigenvalue weighted by Crippen LogP contribution is 2.32. The van der Waals surface area contributed by atoms with Crippen LogP contribution in [0.1, 0.15) is 34.3 Å². The quantitative estimate of drug-likeness (QED) is 0.507. The molecule has 0 radical (unpaired) electrons. The van der Waals surface area contributed by atoms with Crippen molar-refractivity contribution in [1.29, 1.82) is 0 Å². The van der Waals surface area contributed by atoms with E-state index in [1.807, 2.05) is 24.3 Å². The second kappa shape index (κ2) is 9.90. The van der Waals surface area contributed by atoms with Crippen LogP contribution in [0.4, 0.5) is 11.5 Å². The lowest BCUT2D eigenvalue weighted by molar-refractivity contribution is -0.136. The third-order valence-corrected chi connectivity index (χ3v) is 7.64. The van der Waals surface area contributed by atoms with Gasteiger partial charge in [0.25, 0.3) is 5.91 Å². The standard InChI is InChI=1S/C29H30N6O3/c30-26-16-22(34-12-10-33(11-13-34)17-19-4-2-1-3-5-19)15-24(31-26)20-6-7-23-21(14-20)18-35(29(23)38)25-8-9-27(36)32-28(25)37/h1-7,14-16,25H,8-13,17-18H2,(H2,30,31)(H,32,36,37). The highest BCUT2D eigenvalue weighted by atomic mass is 16.2. The van der Waals surface area contributed by atoms with Crippen molar-refractivity contribution in [3.63, 3.8) is 0 Å². The molecule has 3 aliphatic heterocycles. The summed E-state index contributed by atoms with van der Waals surface area (Å²) in [5, 5.41) is 2.35. The highest BCUT2D eigenvalue weighted by Gasteiger charge is 2.39. The summed E-state index contributed by atoms with van der Waals surface area (Å²) >= 11 is 0. The van der Waals surface area contributed by atoms with Crippen molar-refractivity contribution in [2.24, 2.45) is 0 Å². The van der Waals surface area contributed by atoms with Crippen LogP contribution < -0.4 is 16.0 Å². The van der Waals surface area contributed by atoms with Gasteiger partial charge in [0.05, 0.1) is 5.69 Å². The number of pyridine rings is 1. The summed E-state index contributed by atoms with van der Waals surface area (Å²) in [7, 11) is 0. The molecule has 3 aromatic rings. The van der Waals surface area contributed by atoms with Crippen LogP contribution in [0.15, 0.2) is 60.7 Å². The number of rotatable bonds is 5. The fourth-order valence-corrected chi connectivity index (χ4v) is 5.61. The van der Waals surface area contributed by atoms with E-state index in [-0.39, 0.29) is 18.2 Å². The number of carbonyl (C=O) groups is 3. The number of nitrogen functional groups attached to an aromatic ring is 1. The molecule has 194 valence electrons. The Bertz CT molecular complexity index is 1400. The fraction of sp³-hybridized carbons (Fsp3) is 0.310. The van der Waals surface area contributed by atoms with Crippen molar-refractivity contribution < 1.29 is 14.4 Å². The average Bonchev–Trinajstić information content (AvgIpc) is 3.24. The van der Waals surface area contributed by atoms with Gasteiger partial charge in [-0.25, -0.2) is 4.98 Å². The Balaban J connectivity index is 1.17. The summed E-state index contributed by atoms with van der Waals surface area (Å²) in [6.45, 7) is 4.99. The molecule has 3 aliphatic rings. The molecule has 0 aliphatic carbocycles. The number of piperidine rings is 1. The molecule has 9 nitrogen and oxygen atoms in total. The largest absolute Gasteiger partial charge is 0.384 e. The number of fused-ring (bicyclic) bond motifs is 1. The number of hydrogen-bond donors (Lipinski definition) is 2. The van der Waals surface area contributed by atoms with Gasteiger partial charge in [-0.2, -0.15) is 0 Å². The molecular formula is C29H30N6O3. The number of piperazine rings is 1. The van der Waals surface area contributed by atoms with Crippen LogP contribution in [-0.2, 0) is 22.7 Å². The van der Waals surface area contributed by atoms with Gasteiger partial charge in [-0.15, -0.1) is 0 Å². The van der Waals surface area contributed by atoms with Crippen LogP contribution in [0, 0.1) is 0 Å². The first-order valence-corrected chi connectivity index (χ1v) is 13.0. The maximum absolute atomic E-state index is 13.0. The van der Waals surface area contributed by atoms with Crippen LogP contribution in [0.25, 0.3) is 11.3 Å². The molecule has 3 N–H and O–H groups in total. The summed E-state index contributed by atoms with van der Waals surface area (Å²) in [6, 6.07) is 19.5. The number of anilines is 2. The summed E-state index contributed by atoms with van der Waals surface area (Å²) in [6.07, 6.45) is 0.578. The van der Waals surface area contributed by atoms with Crippen molar-refractivity contribution in [2.45, 2.75) is 32.0 Å². The molecule has 38 heavy (non-hydrogen) atoms. The van der Waals surface area contributed by atoms with Crippen molar-refractivity contribution in [3.8, 4) is 11.3 Å². The van der Waals surface area contributed by atoms with Crippen molar-refractivity contribution >= 4 is 29.2 Å². The lowest BCUT2D eigenvalue weighted by Crippen LogP contribution is -2.52. The van der Waals surface area contributed by atoms with Crippen molar-refractivity contribution in [1.82, 2.24) is 20.1 Å². The number of amides is 3. The molecule has 6 rings (SSSR count). The Morgan fingerprint density at radius 3 is 2.50 bits per heavy atom. The average molecular weight is 511 g/mol. The normalized spacial score (nSPS) is 20.0. The molecule has 3 amide bonds. The third kappa shape index (κ3) is 4.72. The SMILES string of the molecule is Nc1cc(N2CCN(Cc3ccccc3)CC2)cc(-c2ccc3c(c2)CN(C2CCC(=O)NC2=O)C3=O)n1. The Hall–Kier alpha value is -4.24. The maximum Gasteiger partial charge on any atom is 0.255 e. The molecule has 0 spiro atoms. The first kappa shape index (κ1) is 24.1. The van der Waals surface area contributed by atoms with Gasteiger partial charge in [0.1, 0.15) is 11.9 Å². The number of imide groups is 1. The van der Waals surface area contributed by atoms with Gasteiger partial charge < -0.3 is 15.5 Å². The van der Waals surface area contributed by atoms with E-state index in [0.717, 1.165) is 55.2 Å². The Morgan fingerprint density at radius 2 is 1.74 bits per heavy atom. The number of nitrogens with one attached hydrogen (secondary N) is 1. The maximum atomic E-state index is 13.0.